The molecule has 0 bridgehead atoms. The van der Waals surface area contributed by atoms with E-state index >= 15 is 4.39 Å². The molecular formula is C29H34FN5O3. The highest BCUT2D eigenvalue weighted by molar-refractivity contribution is 5.88. The Hall–Kier alpha value is -3.17. The summed E-state index contributed by atoms with van der Waals surface area (Å²) in [7, 11) is 0. The Morgan fingerprint density at radius 1 is 1.11 bits per heavy atom. The molecule has 2 aromatic carbocycles. The summed E-state index contributed by atoms with van der Waals surface area (Å²) in [6.07, 6.45) is 4.43. The standard InChI is InChI=1S/C29H34FN5O3/c1-18(20-12-28(36)31-14-20)38-27-11-19(10-26-29(27)35(17-32-26)21-2-3-21)24-5-4-22(13-25(24)30)33-6-8-34(9-7-33)23-15-37-16-23/h4-5,10-11,13,17-18,20-21,23H,2-3,6-9,12,14-16H2,1H3,(H,31,36). The van der Waals surface area contributed by atoms with Crippen LogP contribution in [0, 0.1) is 11.7 Å². The molecule has 4 fully saturated rings. The van der Waals surface area contributed by atoms with Gasteiger partial charge in [0.15, 0.2) is 0 Å². The number of hydrogen-bond acceptors (Lipinski definition) is 6. The summed E-state index contributed by atoms with van der Waals surface area (Å²) in [4.78, 5) is 21.2. The molecule has 3 aromatic rings. The van der Waals surface area contributed by atoms with Crippen molar-refractivity contribution in [3.63, 3.8) is 0 Å². The van der Waals surface area contributed by atoms with Crippen LogP contribution in [-0.2, 0) is 9.53 Å². The lowest BCUT2D eigenvalue weighted by molar-refractivity contribution is -0.119. The zero-order valence-corrected chi connectivity index (χ0v) is 21.7. The van der Waals surface area contributed by atoms with E-state index in [2.05, 4.69) is 24.7 Å². The SMILES string of the molecule is CC(Oc1cc(-c2ccc(N3CCN(C4COC4)CC3)cc2F)cc2ncn(C3CC3)c12)C1CNC(=O)C1. The number of rotatable bonds is 7. The van der Waals surface area contributed by atoms with Crippen molar-refractivity contribution < 1.29 is 18.7 Å². The van der Waals surface area contributed by atoms with Crippen molar-refractivity contribution in [3.8, 4) is 16.9 Å². The molecule has 9 heteroatoms. The average molecular weight is 520 g/mol. The number of anilines is 1. The number of piperazine rings is 1. The van der Waals surface area contributed by atoms with Crippen LogP contribution in [0.25, 0.3) is 22.2 Å². The van der Waals surface area contributed by atoms with Gasteiger partial charge < -0.3 is 24.3 Å². The molecule has 3 saturated heterocycles. The summed E-state index contributed by atoms with van der Waals surface area (Å²) in [5, 5.41) is 2.90. The Morgan fingerprint density at radius 2 is 1.92 bits per heavy atom. The summed E-state index contributed by atoms with van der Waals surface area (Å²) in [5.74, 6) is 0.621. The number of halogens is 1. The predicted molar refractivity (Wildman–Crippen MR) is 143 cm³/mol. The number of nitrogens with zero attached hydrogens (tertiary/aromatic N) is 4. The van der Waals surface area contributed by atoms with E-state index in [1.54, 1.807) is 6.07 Å². The van der Waals surface area contributed by atoms with Gasteiger partial charge in [0.25, 0.3) is 0 Å². The lowest BCUT2D eigenvalue weighted by atomic mass is 10.0. The molecule has 7 rings (SSSR count). The van der Waals surface area contributed by atoms with Crippen LogP contribution in [0.5, 0.6) is 5.75 Å². The summed E-state index contributed by atoms with van der Waals surface area (Å²) in [6.45, 7) is 7.98. The van der Waals surface area contributed by atoms with Crippen molar-refractivity contribution >= 4 is 22.6 Å². The second kappa shape index (κ2) is 9.54. The van der Waals surface area contributed by atoms with Crippen molar-refractivity contribution in [3.05, 3.63) is 42.5 Å². The molecule has 38 heavy (non-hydrogen) atoms. The first-order chi connectivity index (χ1) is 18.5. The van der Waals surface area contributed by atoms with Crippen LogP contribution in [-0.4, -0.2) is 78.4 Å². The van der Waals surface area contributed by atoms with Crippen molar-refractivity contribution in [1.29, 1.82) is 0 Å². The number of benzene rings is 2. The maximum Gasteiger partial charge on any atom is 0.220 e. The third kappa shape index (κ3) is 4.41. The van der Waals surface area contributed by atoms with Gasteiger partial charge in [0.2, 0.25) is 5.91 Å². The van der Waals surface area contributed by atoms with Gasteiger partial charge in [0.05, 0.1) is 31.1 Å². The number of aromatic nitrogens is 2. The molecule has 0 spiro atoms. The number of imidazole rings is 1. The van der Waals surface area contributed by atoms with Gasteiger partial charge in [-0.25, -0.2) is 9.37 Å². The second-order valence-corrected chi connectivity index (χ2v) is 11.2. The number of ether oxygens (including phenoxy) is 2. The van der Waals surface area contributed by atoms with Crippen molar-refractivity contribution in [2.45, 2.75) is 44.4 Å². The van der Waals surface area contributed by atoms with Gasteiger partial charge in [-0.3, -0.25) is 9.69 Å². The van der Waals surface area contributed by atoms with Crippen LogP contribution in [0.4, 0.5) is 10.1 Å². The Balaban J connectivity index is 1.16. The Labute approximate surface area is 221 Å². The van der Waals surface area contributed by atoms with Crippen molar-refractivity contribution in [2.75, 3.05) is 50.8 Å². The van der Waals surface area contributed by atoms with Crippen LogP contribution in [0.1, 0.15) is 32.2 Å². The van der Waals surface area contributed by atoms with Crippen LogP contribution in [0.3, 0.4) is 0 Å². The lowest BCUT2D eigenvalue weighted by Gasteiger charge is -2.43. The molecule has 0 radical (unpaired) electrons. The third-order valence-corrected chi connectivity index (χ3v) is 8.64. The van der Waals surface area contributed by atoms with Crippen molar-refractivity contribution in [2.24, 2.45) is 5.92 Å². The summed E-state index contributed by atoms with van der Waals surface area (Å²) < 4.78 is 29.6. The highest BCUT2D eigenvalue weighted by Crippen LogP contribution is 2.42. The first-order valence-corrected chi connectivity index (χ1v) is 13.8. The van der Waals surface area contributed by atoms with Crippen molar-refractivity contribution in [1.82, 2.24) is 19.8 Å². The summed E-state index contributed by atoms with van der Waals surface area (Å²) in [6, 6.07) is 10.4. The van der Waals surface area contributed by atoms with E-state index in [-0.39, 0.29) is 23.7 Å². The molecule has 4 heterocycles. The minimum atomic E-state index is -0.247. The molecular weight excluding hydrogens is 485 g/mol. The fourth-order valence-corrected chi connectivity index (χ4v) is 5.98. The minimum absolute atomic E-state index is 0.0630. The third-order valence-electron chi connectivity index (χ3n) is 8.64. The number of nitrogens with one attached hydrogen (secondary N) is 1. The Morgan fingerprint density at radius 3 is 2.58 bits per heavy atom. The van der Waals surface area contributed by atoms with Crippen LogP contribution in [0.15, 0.2) is 36.7 Å². The summed E-state index contributed by atoms with van der Waals surface area (Å²) in [5.41, 5.74) is 3.96. The number of hydrogen-bond donors (Lipinski definition) is 1. The number of carbonyl (C=O) groups excluding carboxylic acids is 1. The normalized spacial score (nSPS) is 23.5. The van der Waals surface area contributed by atoms with Crippen LogP contribution >= 0.6 is 0 Å². The fraction of sp³-hybridized carbons (Fsp3) is 0.517. The van der Waals surface area contributed by atoms with E-state index in [1.807, 2.05) is 37.5 Å². The first-order valence-electron chi connectivity index (χ1n) is 13.8. The highest BCUT2D eigenvalue weighted by Gasteiger charge is 2.31. The van der Waals surface area contributed by atoms with Gasteiger partial charge in [-0.2, -0.15) is 0 Å². The molecule has 4 aliphatic rings. The number of fused-ring (bicyclic) bond motifs is 1. The molecule has 1 saturated carbocycles. The highest BCUT2D eigenvalue weighted by atomic mass is 19.1. The summed E-state index contributed by atoms with van der Waals surface area (Å²) >= 11 is 0. The van der Waals surface area contributed by atoms with Gasteiger partial charge in [0, 0.05) is 62.4 Å². The van der Waals surface area contributed by atoms with Gasteiger partial charge in [-0.1, -0.05) is 0 Å². The smallest absolute Gasteiger partial charge is 0.220 e. The second-order valence-electron chi connectivity index (χ2n) is 11.2. The zero-order valence-electron chi connectivity index (χ0n) is 21.7. The lowest BCUT2D eigenvalue weighted by Crippen LogP contribution is -2.56. The van der Waals surface area contributed by atoms with Gasteiger partial charge >= 0.3 is 0 Å². The number of amides is 1. The van der Waals surface area contributed by atoms with E-state index in [9.17, 15) is 4.79 Å². The van der Waals surface area contributed by atoms with Crippen LogP contribution in [0.2, 0.25) is 0 Å². The fourth-order valence-electron chi connectivity index (χ4n) is 5.98. The van der Waals surface area contributed by atoms with E-state index in [4.69, 9.17) is 9.47 Å². The van der Waals surface area contributed by atoms with Gasteiger partial charge in [0.1, 0.15) is 23.2 Å². The molecule has 200 valence electrons. The molecule has 2 unspecified atom stereocenters. The van der Waals surface area contributed by atoms with E-state index in [0.717, 1.165) is 74.5 Å². The molecule has 1 aromatic heterocycles. The monoisotopic (exact) mass is 519 g/mol. The molecule has 1 aliphatic carbocycles. The predicted octanol–water partition coefficient (Wildman–Crippen LogP) is 3.60. The maximum absolute atomic E-state index is 15.6. The maximum atomic E-state index is 15.6. The molecule has 3 aliphatic heterocycles. The molecule has 1 N–H and O–H groups in total. The topological polar surface area (TPSA) is 71.9 Å². The van der Waals surface area contributed by atoms with Gasteiger partial charge in [-0.05, 0) is 55.7 Å². The molecule has 2 atom stereocenters. The van der Waals surface area contributed by atoms with Gasteiger partial charge in [-0.15, -0.1) is 0 Å². The van der Waals surface area contributed by atoms with E-state index in [1.165, 1.54) is 0 Å². The molecule has 8 nitrogen and oxygen atoms in total. The van der Waals surface area contributed by atoms with E-state index < -0.39 is 0 Å². The Bertz CT molecular complexity index is 1360. The van der Waals surface area contributed by atoms with Crippen LogP contribution < -0.4 is 15.0 Å². The zero-order chi connectivity index (χ0) is 25.8. The largest absolute Gasteiger partial charge is 0.488 e. The molecule has 1 amide bonds. The van der Waals surface area contributed by atoms with E-state index in [0.29, 0.717) is 36.4 Å². The Kier molecular flexibility index (Phi) is 6.00. The number of carbonyl (C=O) groups is 1. The average Bonchev–Trinajstić information content (AvgIpc) is 3.48. The minimum Gasteiger partial charge on any atom is -0.488 e. The quantitative estimate of drug-likeness (QED) is 0.515. The first kappa shape index (κ1) is 23.9.